The Balaban J connectivity index is 1.93. The van der Waals surface area contributed by atoms with Gasteiger partial charge < -0.3 is 14.6 Å². The molecule has 1 aromatic heterocycles. The van der Waals surface area contributed by atoms with E-state index in [4.69, 9.17) is 9.26 Å². The molecule has 4 heteroatoms. The zero-order valence-corrected chi connectivity index (χ0v) is 12.2. The summed E-state index contributed by atoms with van der Waals surface area (Å²) >= 11 is 0. The number of hydrogen-bond donors (Lipinski definition) is 1. The van der Waals surface area contributed by atoms with Gasteiger partial charge in [-0.2, -0.15) is 0 Å². The van der Waals surface area contributed by atoms with Crippen LogP contribution in [0.5, 0.6) is 0 Å². The fourth-order valence-electron chi connectivity index (χ4n) is 2.05. The lowest BCUT2D eigenvalue weighted by atomic mass is 10.1. The Labute approximate surface area is 120 Å². The minimum Gasteiger partial charge on any atom is -0.383 e. The van der Waals surface area contributed by atoms with Crippen molar-refractivity contribution in [2.75, 3.05) is 20.3 Å². The summed E-state index contributed by atoms with van der Waals surface area (Å²) in [6.07, 6.45) is 2.28. The molecule has 0 radical (unpaired) electrons. The van der Waals surface area contributed by atoms with Crippen LogP contribution in [-0.2, 0) is 17.7 Å². The third-order valence-electron chi connectivity index (χ3n) is 3.13. The Kier molecular flexibility index (Phi) is 5.77. The zero-order chi connectivity index (χ0) is 14.2. The van der Waals surface area contributed by atoms with Crippen LogP contribution in [0.3, 0.4) is 0 Å². The van der Waals surface area contributed by atoms with Crippen LogP contribution in [0.2, 0.25) is 0 Å². The molecule has 0 aliphatic heterocycles. The second kappa shape index (κ2) is 7.82. The van der Waals surface area contributed by atoms with Crippen LogP contribution in [0.15, 0.2) is 34.9 Å². The molecule has 1 N–H and O–H groups in total. The fourth-order valence-corrected chi connectivity index (χ4v) is 2.05. The molecule has 0 saturated carbocycles. The number of ether oxygens (including phenoxy) is 1. The van der Waals surface area contributed by atoms with Gasteiger partial charge in [0.05, 0.1) is 12.3 Å². The second-order valence-corrected chi connectivity index (χ2v) is 4.80. The largest absolute Gasteiger partial charge is 0.383 e. The summed E-state index contributed by atoms with van der Waals surface area (Å²) in [6, 6.07) is 10.5. The summed E-state index contributed by atoms with van der Waals surface area (Å²) < 4.78 is 10.4. The van der Waals surface area contributed by atoms with Crippen molar-refractivity contribution in [3.8, 4) is 11.3 Å². The van der Waals surface area contributed by atoms with Gasteiger partial charge in [0, 0.05) is 31.8 Å². The third-order valence-corrected chi connectivity index (χ3v) is 3.13. The fraction of sp³-hybridized carbons (Fsp3) is 0.438. The maximum absolute atomic E-state index is 5.39. The SMILES string of the molecule is CCCc1ccc(-c2cc(CNCCOC)no2)cc1. The monoisotopic (exact) mass is 274 g/mol. The predicted molar refractivity (Wildman–Crippen MR) is 79.5 cm³/mol. The average Bonchev–Trinajstić information content (AvgIpc) is 2.94. The molecule has 108 valence electrons. The Hall–Kier alpha value is -1.65. The van der Waals surface area contributed by atoms with Gasteiger partial charge in [0.25, 0.3) is 0 Å². The predicted octanol–water partition coefficient (Wildman–Crippen LogP) is 3.03. The molecule has 0 aliphatic carbocycles. The van der Waals surface area contributed by atoms with E-state index in [-0.39, 0.29) is 0 Å². The van der Waals surface area contributed by atoms with E-state index in [0.717, 1.165) is 30.0 Å². The average molecular weight is 274 g/mol. The molecular formula is C16H22N2O2. The summed E-state index contributed by atoms with van der Waals surface area (Å²) in [7, 11) is 1.69. The van der Waals surface area contributed by atoms with Gasteiger partial charge in [0.1, 0.15) is 0 Å². The van der Waals surface area contributed by atoms with Gasteiger partial charge in [0.15, 0.2) is 5.76 Å². The number of aryl methyl sites for hydroxylation is 1. The number of aromatic nitrogens is 1. The first-order valence-electron chi connectivity index (χ1n) is 7.08. The van der Waals surface area contributed by atoms with Crippen molar-refractivity contribution in [3.05, 3.63) is 41.6 Å². The van der Waals surface area contributed by atoms with Gasteiger partial charge in [-0.25, -0.2) is 0 Å². The summed E-state index contributed by atoms with van der Waals surface area (Å²) in [5.41, 5.74) is 3.34. The van der Waals surface area contributed by atoms with E-state index in [1.165, 1.54) is 12.0 Å². The van der Waals surface area contributed by atoms with Gasteiger partial charge in [-0.1, -0.05) is 42.8 Å². The highest BCUT2D eigenvalue weighted by Gasteiger charge is 2.06. The topological polar surface area (TPSA) is 47.3 Å². The van der Waals surface area contributed by atoms with Crippen molar-refractivity contribution in [2.45, 2.75) is 26.3 Å². The van der Waals surface area contributed by atoms with Crippen LogP contribution < -0.4 is 5.32 Å². The van der Waals surface area contributed by atoms with Crippen LogP contribution in [0.1, 0.15) is 24.6 Å². The van der Waals surface area contributed by atoms with Crippen molar-refractivity contribution in [3.63, 3.8) is 0 Å². The lowest BCUT2D eigenvalue weighted by Gasteiger charge is -2.00. The molecule has 20 heavy (non-hydrogen) atoms. The Morgan fingerprint density at radius 1 is 1.25 bits per heavy atom. The number of benzene rings is 1. The molecule has 0 aliphatic rings. The third kappa shape index (κ3) is 4.18. The Bertz CT molecular complexity index is 505. The normalized spacial score (nSPS) is 10.9. The van der Waals surface area contributed by atoms with Crippen molar-refractivity contribution < 1.29 is 9.26 Å². The number of methoxy groups -OCH3 is 1. The van der Waals surface area contributed by atoms with Crippen molar-refractivity contribution in [1.29, 1.82) is 0 Å². The van der Waals surface area contributed by atoms with Crippen molar-refractivity contribution >= 4 is 0 Å². The van der Waals surface area contributed by atoms with Gasteiger partial charge in [-0.3, -0.25) is 0 Å². The summed E-state index contributed by atoms with van der Waals surface area (Å²) in [5.74, 6) is 0.816. The maximum Gasteiger partial charge on any atom is 0.167 e. The molecule has 0 spiro atoms. The maximum atomic E-state index is 5.39. The molecular weight excluding hydrogens is 252 g/mol. The van der Waals surface area contributed by atoms with Crippen LogP contribution in [0.25, 0.3) is 11.3 Å². The second-order valence-electron chi connectivity index (χ2n) is 4.80. The number of hydrogen-bond acceptors (Lipinski definition) is 4. The van der Waals surface area contributed by atoms with Crippen LogP contribution >= 0.6 is 0 Å². The van der Waals surface area contributed by atoms with E-state index in [2.05, 4.69) is 41.7 Å². The van der Waals surface area contributed by atoms with Gasteiger partial charge in [-0.15, -0.1) is 0 Å². The first-order valence-corrected chi connectivity index (χ1v) is 7.08. The molecule has 0 fully saturated rings. The molecule has 0 amide bonds. The number of nitrogens with zero attached hydrogens (tertiary/aromatic N) is 1. The molecule has 1 aromatic carbocycles. The number of nitrogens with one attached hydrogen (secondary N) is 1. The quantitative estimate of drug-likeness (QED) is 0.752. The van der Waals surface area contributed by atoms with E-state index in [9.17, 15) is 0 Å². The molecule has 0 saturated heterocycles. The van der Waals surface area contributed by atoms with Crippen LogP contribution in [-0.4, -0.2) is 25.4 Å². The van der Waals surface area contributed by atoms with E-state index in [1.807, 2.05) is 6.07 Å². The summed E-state index contributed by atoms with van der Waals surface area (Å²) in [4.78, 5) is 0. The van der Waals surface area contributed by atoms with E-state index >= 15 is 0 Å². The van der Waals surface area contributed by atoms with Crippen LogP contribution in [0.4, 0.5) is 0 Å². The summed E-state index contributed by atoms with van der Waals surface area (Å²) in [5, 5.41) is 7.32. The van der Waals surface area contributed by atoms with Crippen LogP contribution in [0, 0.1) is 0 Å². The molecule has 0 unspecified atom stereocenters. The lowest BCUT2D eigenvalue weighted by Crippen LogP contribution is -2.18. The van der Waals surface area contributed by atoms with Crippen molar-refractivity contribution in [2.24, 2.45) is 0 Å². The first kappa shape index (κ1) is 14.8. The molecule has 0 bridgehead atoms. The minimum absolute atomic E-state index is 0.695. The highest BCUT2D eigenvalue weighted by Crippen LogP contribution is 2.21. The van der Waals surface area contributed by atoms with Gasteiger partial charge >= 0.3 is 0 Å². The van der Waals surface area contributed by atoms with Crippen molar-refractivity contribution in [1.82, 2.24) is 10.5 Å². The standard InChI is InChI=1S/C16H22N2O2/c1-3-4-13-5-7-14(8-6-13)16-11-15(18-20-16)12-17-9-10-19-2/h5-8,11,17H,3-4,9-10,12H2,1-2H3. The van der Waals surface area contributed by atoms with E-state index in [0.29, 0.717) is 13.2 Å². The molecule has 1 heterocycles. The number of rotatable bonds is 8. The highest BCUT2D eigenvalue weighted by molar-refractivity contribution is 5.57. The smallest absolute Gasteiger partial charge is 0.167 e. The van der Waals surface area contributed by atoms with Gasteiger partial charge in [-0.05, 0) is 12.0 Å². The van der Waals surface area contributed by atoms with Gasteiger partial charge in [0.2, 0.25) is 0 Å². The Morgan fingerprint density at radius 2 is 2.05 bits per heavy atom. The van der Waals surface area contributed by atoms with E-state index in [1.54, 1.807) is 7.11 Å². The Morgan fingerprint density at radius 3 is 2.75 bits per heavy atom. The highest BCUT2D eigenvalue weighted by atomic mass is 16.5. The van der Waals surface area contributed by atoms with E-state index < -0.39 is 0 Å². The zero-order valence-electron chi connectivity index (χ0n) is 12.2. The summed E-state index contributed by atoms with van der Waals surface area (Å²) in [6.45, 7) is 4.39. The molecule has 2 aromatic rings. The molecule has 2 rings (SSSR count). The first-order chi connectivity index (χ1) is 9.83. The molecule has 4 nitrogen and oxygen atoms in total. The lowest BCUT2D eigenvalue weighted by molar-refractivity contribution is 0.199. The minimum atomic E-state index is 0.695. The molecule has 0 atom stereocenters.